The van der Waals surface area contributed by atoms with Gasteiger partial charge in [0.05, 0.1) is 17.3 Å². The van der Waals surface area contributed by atoms with Crippen molar-refractivity contribution < 1.29 is 22.7 Å². The highest BCUT2D eigenvalue weighted by Gasteiger charge is 2.29. The van der Waals surface area contributed by atoms with Crippen molar-refractivity contribution in [2.24, 2.45) is 0 Å². The van der Waals surface area contributed by atoms with Gasteiger partial charge in [-0.1, -0.05) is 23.7 Å². The van der Waals surface area contributed by atoms with E-state index in [4.69, 9.17) is 11.6 Å². The first kappa shape index (κ1) is 20.6. The van der Waals surface area contributed by atoms with Crippen LogP contribution in [0.15, 0.2) is 49.2 Å². The van der Waals surface area contributed by atoms with Crippen molar-refractivity contribution in [1.29, 1.82) is 0 Å². The van der Waals surface area contributed by atoms with Crippen LogP contribution in [-0.4, -0.2) is 38.4 Å². The van der Waals surface area contributed by atoms with Crippen LogP contribution in [0.5, 0.6) is 5.88 Å². The topological polar surface area (TPSA) is 81.9 Å². The molecule has 7 nitrogen and oxygen atoms in total. The van der Waals surface area contributed by atoms with Crippen LogP contribution in [0.2, 0.25) is 5.02 Å². The third kappa shape index (κ3) is 5.44. The lowest BCUT2D eigenvalue weighted by Gasteiger charge is -2.15. The summed E-state index contributed by atoms with van der Waals surface area (Å²) in [6.45, 7) is 0.269. The lowest BCUT2D eigenvalue weighted by atomic mass is 10.1. The van der Waals surface area contributed by atoms with Crippen LogP contribution >= 0.6 is 11.6 Å². The number of nitrogens with one attached hydrogen (secondary N) is 1. The molecule has 0 bridgehead atoms. The number of aromatic nitrogens is 4. The summed E-state index contributed by atoms with van der Waals surface area (Å²) in [6, 6.07) is 8.20. The lowest BCUT2D eigenvalue weighted by molar-refractivity contribution is -0.154. The third-order valence-electron chi connectivity index (χ3n) is 3.87. The highest BCUT2D eigenvalue weighted by Crippen LogP contribution is 2.25. The summed E-state index contributed by atoms with van der Waals surface area (Å²) in [5.74, 6) is -0.869. The highest BCUT2D eigenvalue weighted by molar-refractivity contribution is 6.32. The molecule has 0 aliphatic carbocycles. The van der Waals surface area contributed by atoms with Crippen molar-refractivity contribution in [2.75, 3.05) is 6.61 Å². The number of nitrogens with zero attached hydrogens (tertiary/aromatic N) is 4. The Morgan fingerprint density at radius 1 is 1.31 bits per heavy atom. The van der Waals surface area contributed by atoms with Gasteiger partial charge in [-0.2, -0.15) is 18.3 Å². The van der Waals surface area contributed by atoms with E-state index in [9.17, 15) is 18.0 Å². The van der Waals surface area contributed by atoms with Gasteiger partial charge in [0.2, 0.25) is 5.88 Å². The second-order valence-corrected chi connectivity index (χ2v) is 6.45. The number of rotatable bonds is 6. The molecule has 152 valence electrons. The summed E-state index contributed by atoms with van der Waals surface area (Å²) in [7, 11) is 0. The fraction of sp³-hybridized carbons (Fsp3) is 0.222. The second-order valence-electron chi connectivity index (χ2n) is 6.04. The molecular weight excluding hydrogens is 411 g/mol. The van der Waals surface area contributed by atoms with Gasteiger partial charge in [-0.25, -0.2) is 14.6 Å². The Kier molecular flexibility index (Phi) is 6.02. The van der Waals surface area contributed by atoms with Gasteiger partial charge in [0.1, 0.15) is 17.7 Å². The molecule has 0 saturated heterocycles. The molecule has 11 heteroatoms. The van der Waals surface area contributed by atoms with E-state index in [0.29, 0.717) is 0 Å². The number of pyridine rings is 1. The van der Waals surface area contributed by atoms with E-state index in [0.717, 1.165) is 17.4 Å². The van der Waals surface area contributed by atoms with Crippen molar-refractivity contribution in [3.8, 4) is 11.6 Å². The monoisotopic (exact) mass is 425 g/mol. The van der Waals surface area contributed by atoms with Gasteiger partial charge in [-0.3, -0.25) is 4.79 Å². The Balaban J connectivity index is 1.64. The molecule has 3 aromatic rings. The average Bonchev–Trinajstić information content (AvgIpc) is 3.21. The normalized spacial score (nSPS) is 12.4. The zero-order chi connectivity index (χ0) is 21.0. The Hall–Kier alpha value is -3.14. The van der Waals surface area contributed by atoms with Crippen molar-refractivity contribution in [1.82, 2.24) is 25.1 Å². The molecule has 0 aliphatic rings. The van der Waals surface area contributed by atoms with Crippen LogP contribution in [0.4, 0.5) is 13.2 Å². The predicted molar refractivity (Wildman–Crippen MR) is 98.0 cm³/mol. The number of ether oxygens (including phenoxy) is 1. The van der Waals surface area contributed by atoms with Gasteiger partial charge < -0.3 is 10.1 Å². The quantitative estimate of drug-likeness (QED) is 0.650. The van der Waals surface area contributed by atoms with Crippen molar-refractivity contribution in [3.05, 3.63) is 65.3 Å². The van der Waals surface area contributed by atoms with E-state index in [1.165, 1.54) is 12.4 Å². The van der Waals surface area contributed by atoms with E-state index in [1.54, 1.807) is 17.9 Å². The number of hydrogen-bond donors (Lipinski definition) is 1. The minimum absolute atomic E-state index is 0.0976. The van der Waals surface area contributed by atoms with Crippen LogP contribution in [0.3, 0.4) is 0 Å². The van der Waals surface area contributed by atoms with E-state index >= 15 is 0 Å². The molecule has 1 N–H and O–H groups in total. The van der Waals surface area contributed by atoms with Gasteiger partial charge in [-0.15, -0.1) is 0 Å². The first-order valence-electron chi connectivity index (χ1n) is 8.34. The summed E-state index contributed by atoms with van der Waals surface area (Å²) in [5.41, 5.74) is 1.75. The van der Waals surface area contributed by atoms with E-state index in [2.05, 4.69) is 25.1 Å². The van der Waals surface area contributed by atoms with Crippen molar-refractivity contribution >= 4 is 17.5 Å². The summed E-state index contributed by atoms with van der Waals surface area (Å²) < 4.78 is 42.8. The largest absolute Gasteiger partial charge is 0.467 e. The molecule has 2 heterocycles. The van der Waals surface area contributed by atoms with Crippen LogP contribution < -0.4 is 10.1 Å². The number of halogens is 4. The molecule has 0 saturated carbocycles. The summed E-state index contributed by atoms with van der Waals surface area (Å²) in [6.07, 6.45) is -0.415. The Bertz CT molecular complexity index is 978. The molecule has 0 aliphatic heterocycles. The number of alkyl halides is 3. The zero-order valence-electron chi connectivity index (χ0n) is 15.0. The van der Waals surface area contributed by atoms with Gasteiger partial charge in [0.25, 0.3) is 5.91 Å². The Labute approximate surface area is 168 Å². The number of benzene rings is 1. The molecule has 0 radical (unpaired) electrons. The molecule has 1 amide bonds. The van der Waals surface area contributed by atoms with Crippen LogP contribution in [0, 0.1) is 0 Å². The van der Waals surface area contributed by atoms with Crippen LogP contribution in [0.25, 0.3) is 5.69 Å². The van der Waals surface area contributed by atoms with Crippen LogP contribution in [-0.2, 0) is 0 Å². The first-order valence-corrected chi connectivity index (χ1v) is 8.71. The maximum Gasteiger partial charge on any atom is 0.422 e. The maximum atomic E-state index is 12.4. The summed E-state index contributed by atoms with van der Waals surface area (Å²) in [4.78, 5) is 20.0. The number of amides is 1. The van der Waals surface area contributed by atoms with Crippen molar-refractivity contribution in [3.63, 3.8) is 0 Å². The molecule has 1 aromatic carbocycles. The van der Waals surface area contributed by atoms with Gasteiger partial charge >= 0.3 is 6.18 Å². The molecule has 29 heavy (non-hydrogen) atoms. The Morgan fingerprint density at radius 2 is 2.03 bits per heavy atom. The fourth-order valence-electron chi connectivity index (χ4n) is 2.43. The molecule has 2 aromatic heterocycles. The molecule has 0 spiro atoms. The van der Waals surface area contributed by atoms with Gasteiger partial charge in [0.15, 0.2) is 6.61 Å². The smallest absolute Gasteiger partial charge is 0.422 e. The molecular formula is C18H15ClF3N5O2. The molecule has 0 fully saturated rings. The van der Waals surface area contributed by atoms with E-state index in [1.807, 2.05) is 24.3 Å². The minimum Gasteiger partial charge on any atom is -0.467 e. The standard InChI is InChI=1S/C18H15ClF3N5O2/c1-11(12-2-4-14(5-3-12)27-10-23-9-25-27)26-16(28)13-6-15(19)17(24-7-13)29-8-18(20,21)22/h2-7,9-11H,8H2,1H3,(H,26,28). The van der Waals surface area contributed by atoms with E-state index < -0.39 is 24.6 Å². The first-order chi connectivity index (χ1) is 13.7. The minimum atomic E-state index is -4.51. The van der Waals surface area contributed by atoms with Gasteiger partial charge in [-0.05, 0) is 30.7 Å². The summed E-state index contributed by atoms with van der Waals surface area (Å²) >= 11 is 5.87. The third-order valence-corrected chi connectivity index (χ3v) is 4.14. The molecule has 3 rings (SSSR count). The fourth-order valence-corrected chi connectivity index (χ4v) is 2.65. The van der Waals surface area contributed by atoms with Crippen LogP contribution in [0.1, 0.15) is 28.9 Å². The van der Waals surface area contributed by atoms with Crippen molar-refractivity contribution in [2.45, 2.75) is 19.1 Å². The highest BCUT2D eigenvalue weighted by atomic mass is 35.5. The number of carbonyl (C=O) groups is 1. The average molecular weight is 426 g/mol. The van der Waals surface area contributed by atoms with E-state index in [-0.39, 0.29) is 16.6 Å². The molecule has 1 unspecified atom stereocenters. The molecule has 1 atom stereocenters. The Morgan fingerprint density at radius 3 is 2.62 bits per heavy atom. The number of hydrogen-bond acceptors (Lipinski definition) is 5. The second kappa shape index (κ2) is 8.48. The SMILES string of the molecule is CC(NC(=O)c1cnc(OCC(F)(F)F)c(Cl)c1)c1ccc(-n2cncn2)cc1. The number of carbonyl (C=O) groups excluding carboxylic acids is 1. The summed E-state index contributed by atoms with van der Waals surface area (Å²) in [5, 5.41) is 6.62. The predicted octanol–water partition coefficient (Wildman–Crippen LogP) is 3.75. The van der Waals surface area contributed by atoms with Gasteiger partial charge in [0, 0.05) is 6.20 Å². The lowest BCUT2D eigenvalue weighted by Crippen LogP contribution is -2.27. The zero-order valence-corrected chi connectivity index (χ0v) is 15.8. The maximum absolute atomic E-state index is 12.4.